The van der Waals surface area contributed by atoms with E-state index in [0.29, 0.717) is 5.95 Å². The van der Waals surface area contributed by atoms with Crippen LogP contribution in [0.4, 0.5) is 17.6 Å². The molecule has 4 rings (SSSR count). The quantitative estimate of drug-likeness (QED) is 0.540. The minimum absolute atomic E-state index is 0.0365. The van der Waals surface area contributed by atoms with Gasteiger partial charge in [-0.15, -0.1) is 11.3 Å². The molecule has 0 aliphatic carbocycles. The summed E-state index contributed by atoms with van der Waals surface area (Å²) >= 11 is 1.56. The van der Waals surface area contributed by atoms with Crippen LogP contribution in [-0.4, -0.2) is 32.1 Å². The SMILES string of the molecule is C[C@H](c1ccccc1)N(C)c1nc(O)nc(Nc2ccc3ncsc3c2)n1. The summed E-state index contributed by atoms with van der Waals surface area (Å²) in [6.07, 6.45) is 0. The predicted molar refractivity (Wildman–Crippen MR) is 108 cm³/mol. The number of nitrogens with zero attached hydrogens (tertiary/aromatic N) is 5. The Balaban J connectivity index is 1.60. The Morgan fingerprint density at radius 1 is 1.07 bits per heavy atom. The number of benzene rings is 2. The van der Waals surface area contributed by atoms with Crippen LogP contribution in [0.25, 0.3) is 10.2 Å². The molecule has 0 spiro atoms. The fourth-order valence-electron chi connectivity index (χ4n) is 2.76. The normalized spacial score (nSPS) is 12.1. The predicted octanol–water partition coefficient (Wildman–Crippen LogP) is 4.13. The second kappa shape index (κ2) is 7.16. The topological polar surface area (TPSA) is 87.1 Å². The number of aromatic hydroxyl groups is 1. The first-order valence-electron chi connectivity index (χ1n) is 8.43. The Bertz CT molecular complexity index is 1070. The smallest absolute Gasteiger partial charge is 0.320 e. The maximum Gasteiger partial charge on any atom is 0.320 e. The van der Waals surface area contributed by atoms with Gasteiger partial charge in [-0.2, -0.15) is 15.0 Å². The second-order valence-electron chi connectivity index (χ2n) is 6.12. The molecule has 27 heavy (non-hydrogen) atoms. The van der Waals surface area contributed by atoms with Crippen molar-refractivity contribution in [2.24, 2.45) is 0 Å². The first-order valence-corrected chi connectivity index (χ1v) is 9.31. The zero-order valence-electron chi connectivity index (χ0n) is 14.9. The molecular weight excluding hydrogens is 360 g/mol. The van der Waals surface area contributed by atoms with Gasteiger partial charge in [0.05, 0.1) is 21.8 Å². The molecule has 0 bridgehead atoms. The van der Waals surface area contributed by atoms with Crippen LogP contribution in [0.1, 0.15) is 18.5 Å². The average molecular weight is 378 g/mol. The van der Waals surface area contributed by atoms with E-state index in [4.69, 9.17) is 0 Å². The zero-order valence-corrected chi connectivity index (χ0v) is 15.7. The largest absolute Gasteiger partial charge is 0.479 e. The molecule has 0 fully saturated rings. The van der Waals surface area contributed by atoms with Gasteiger partial charge in [0, 0.05) is 12.7 Å². The number of hydrogen-bond acceptors (Lipinski definition) is 8. The van der Waals surface area contributed by atoms with Crippen LogP contribution in [0.15, 0.2) is 54.0 Å². The molecule has 0 radical (unpaired) electrons. The van der Waals surface area contributed by atoms with Crippen molar-refractivity contribution in [2.75, 3.05) is 17.3 Å². The number of hydrogen-bond donors (Lipinski definition) is 2. The van der Waals surface area contributed by atoms with Gasteiger partial charge >= 0.3 is 6.01 Å². The number of nitrogens with one attached hydrogen (secondary N) is 1. The van der Waals surface area contributed by atoms with Crippen LogP contribution in [0.5, 0.6) is 6.01 Å². The third kappa shape index (κ3) is 3.65. The lowest BCUT2D eigenvalue weighted by Gasteiger charge is -2.25. The van der Waals surface area contributed by atoms with Gasteiger partial charge in [0.15, 0.2) is 0 Å². The maximum atomic E-state index is 9.98. The van der Waals surface area contributed by atoms with Crippen LogP contribution < -0.4 is 10.2 Å². The van der Waals surface area contributed by atoms with E-state index in [1.807, 2.05) is 60.5 Å². The van der Waals surface area contributed by atoms with Crippen LogP contribution in [0.2, 0.25) is 0 Å². The van der Waals surface area contributed by atoms with Crippen LogP contribution in [0.3, 0.4) is 0 Å². The molecule has 0 saturated heterocycles. The number of rotatable bonds is 5. The highest BCUT2D eigenvalue weighted by Gasteiger charge is 2.17. The lowest BCUT2D eigenvalue weighted by atomic mass is 10.1. The van der Waals surface area contributed by atoms with E-state index in [2.05, 4.69) is 32.2 Å². The first-order chi connectivity index (χ1) is 13.1. The fourth-order valence-corrected chi connectivity index (χ4v) is 3.47. The summed E-state index contributed by atoms with van der Waals surface area (Å²) in [5, 5.41) is 13.1. The van der Waals surface area contributed by atoms with Gasteiger partial charge in [-0.05, 0) is 30.7 Å². The van der Waals surface area contributed by atoms with Crippen molar-refractivity contribution in [1.82, 2.24) is 19.9 Å². The molecule has 2 aromatic carbocycles. The van der Waals surface area contributed by atoms with E-state index in [1.54, 1.807) is 16.8 Å². The highest BCUT2D eigenvalue weighted by Crippen LogP contribution is 2.26. The maximum absolute atomic E-state index is 9.98. The summed E-state index contributed by atoms with van der Waals surface area (Å²) in [7, 11) is 1.89. The van der Waals surface area contributed by atoms with Crippen molar-refractivity contribution < 1.29 is 5.11 Å². The van der Waals surface area contributed by atoms with Gasteiger partial charge in [-0.25, -0.2) is 4.98 Å². The molecule has 8 heteroatoms. The average Bonchev–Trinajstić information content (AvgIpc) is 3.15. The van der Waals surface area contributed by atoms with E-state index >= 15 is 0 Å². The van der Waals surface area contributed by atoms with Crippen molar-refractivity contribution in [1.29, 1.82) is 0 Å². The summed E-state index contributed by atoms with van der Waals surface area (Å²) < 4.78 is 1.06. The summed E-state index contributed by atoms with van der Waals surface area (Å²) in [6.45, 7) is 2.06. The Morgan fingerprint density at radius 3 is 2.70 bits per heavy atom. The van der Waals surface area contributed by atoms with E-state index in [-0.39, 0.29) is 18.0 Å². The molecule has 2 heterocycles. The van der Waals surface area contributed by atoms with Gasteiger partial charge in [-0.3, -0.25) is 0 Å². The molecule has 0 saturated carbocycles. The summed E-state index contributed by atoms with van der Waals surface area (Å²) in [5.41, 5.74) is 4.70. The van der Waals surface area contributed by atoms with E-state index in [9.17, 15) is 5.11 Å². The first kappa shape index (κ1) is 17.2. The van der Waals surface area contributed by atoms with Crippen molar-refractivity contribution in [3.63, 3.8) is 0 Å². The van der Waals surface area contributed by atoms with Crippen molar-refractivity contribution in [2.45, 2.75) is 13.0 Å². The summed E-state index contributed by atoms with van der Waals surface area (Å²) in [4.78, 5) is 18.7. The Hall–Kier alpha value is -3.26. The molecule has 136 valence electrons. The molecule has 0 unspecified atom stereocenters. The van der Waals surface area contributed by atoms with Crippen LogP contribution in [0, 0.1) is 0 Å². The van der Waals surface area contributed by atoms with Crippen LogP contribution in [-0.2, 0) is 0 Å². The second-order valence-corrected chi connectivity index (χ2v) is 7.00. The van der Waals surface area contributed by atoms with Crippen molar-refractivity contribution in [3.8, 4) is 6.01 Å². The molecule has 2 aromatic heterocycles. The number of aromatic nitrogens is 4. The number of fused-ring (bicyclic) bond motifs is 1. The third-order valence-corrected chi connectivity index (χ3v) is 5.17. The summed E-state index contributed by atoms with van der Waals surface area (Å²) in [6, 6.07) is 15.6. The lowest BCUT2D eigenvalue weighted by Crippen LogP contribution is -2.24. The minimum Gasteiger partial charge on any atom is -0.479 e. The molecule has 0 aliphatic heterocycles. The molecule has 0 amide bonds. The van der Waals surface area contributed by atoms with Crippen molar-refractivity contribution in [3.05, 3.63) is 59.6 Å². The van der Waals surface area contributed by atoms with Gasteiger partial charge in [0.1, 0.15) is 0 Å². The fraction of sp³-hybridized carbons (Fsp3) is 0.158. The van der Waals surface area contributed by atoms with E-state index in [0.717, 1.165) is 21.5 Å². The molecule has 1 atom stereocenters. The Kier molecular flexibility index (Phi) is 4.55. The minimum atomic E-state index is -0.325. The molecular formula is C19H18N6OS. The molecule has 0 aliphatic rings. The van der Waals surface area contributed by atoms with Gasteiger partial charge < -0.3 is 15.3 Å². The van der Waals surface area contributed by atoms with Crippen molar-refractivity contribution >= 4 is 39.1 Å². The Morgan fingerprint density at radius 2 is 1.89 bits per heavy atom. The number of anilines is 3. The molecule has 4 aromatic rings. The van der Waals surface area contributed by atoms with Gasteiger partial charge in [-0.1, -0.05) is 30.3 Å². The standard InChI is InChI=1S/C19H18N6OS/c1-12(13-6-4-3-5-7-13)25(2)18-22-17(23-19(26)24-18)21-14-8-9-15-16(10-14)27-11-20-15/h3-12H,1-2H3,(H2,21,22,23,24,26)/t12-/m1/s1. The van der Waals surface area contributed by atoms with Gasteiger partial charge in [0.25, 0.3) is 0 Å². The highest BCUT2D eigenvalue weighted by molar-refractivity contribution is 7.16. The monoisotopic (exact) mass is 378 g/mol. The summed E-state index contributed by atoms with van der Waals surface area (Å²) in [5.74, 6) is 0.675. The van der Waals surface area contributed by atoms with E-state index in [1.165, 1.54) is 0 Å². The highest BCUT2D eigenvalue weighted by atomic mass is 32.1. The number of thiazole rings is 1. The van der Waals surface area contributed by atoms with Crippen LogP contribution >= 0.6 is 11.3 Å². The third-order valence-electron chi connectivity index (χ3n) is 4.38. The Labute approximate surface area is 160 Å². The molecule has 7 nitrogen and oxygen atoms in total. The zero-order chi connectivity index (χ0) is 18.8. The lowest BCUT2D eigenvalue weighted by molar-refractivity contribution is 0.428. The van der Waals surface area contributed by atoms with E-state index < -0.39 is 0 Å². The molecule has 2 N–H and O–H groups in total. The van der Waals surface area contributed by atoms with Gasteiger partial charge in [0.2, 0.25) is 11.9 Å².